The number of sulfonamides is 1. The van der Waals surface area contributed by atoms with E-state index in [-0.39, 0.29) is 16.8 Å². The molecule has 5 nitrogen and oxygen atoms in total. The molecule has 2 aromatic rings. The second-order valence-electron chi connectivity index (χ2n) is 5.02. The van der Waals surface area contributed by atoms with Crippen LogP contribution in [0.5, 0.6) is 0 Å². The van der Waals surface area contributed by atoms with Crippen molar-refractivity contribution in [2.45, 2.75) is 6.18 Å². The van der Waals surface area contributed by atoms with Gasteiger partial charge < -0.3 is 5.73 Å². The van der Waals surface area contributed by atoms with Crippen LogP contribution in [0.4, 0.5) is 18.9 Å². The topological polar surface area (TPSA) is 89.3 Å². The molecule has 0 fully saturated rings. The van der Waals surface area contributed by atoms with Crippen LogP contribution in [0.15, 0.2) is 53.9 Å². The number of hydrogen-bond donors (Lipinski definition) is 2. The van der Waals surface area contributed by atoms with Crippen molar-refractivity contribution in [2.24, 2.45) is 5.73 Å². The average Bonchev–Trinajstić information content (AvgIpc) is 2.52. The van der Waals surface area contributed by atoms with E-state index in [9.17, 15) is 26.4 Å². The number of alkyl halides is 3. The van der Waals surface area contributed by atoms with Gasteiger partial charge in [-0.25, -0.2) is 8.42 Å². The van der Waals surface area contributed by atoms with Gasteiger partial charge in [-0.1, -0.05) is 18.2 Å². The van der Waals surface area contributed by atoms with E-state index in [1.54, 1.807) is 0 Å². The minimum atomic E-state index is -4.52. The van der Waals surface area contributed by atoms with E-state index >= 15 is 0 Å². The van der Waals surface area contributed by atoms with Gasteiger partial charge in [-0.15, -0.1) is 0 Å². The molecule has 0 aliphatic heterocycles. The van der Waals surface area contributed by atoms with Gasteiger partial charge in [0.25, 0.3) is 10.0 Å². The Labute approximate surface area is 142 Å². The molecule has 2 aromatic carbocycles. The number of amides is 1. The van der Waals surface area contributed by atoms with Crippen LogP contribution >= 0.6 is 0 Å². The van der Waals surface area contributed by atoms with Gasteiger partial charge in [0.05, 0.1) is 11.0 Å². The van der Waals surface area contributed by atoms with Gasteiger partial charge in [-0.2, -0.15) is 13.2 Å². The van der Waals surface area contributed by atoms with E-state index in [1.807, 2.05) is 0 Å². The number of hydrogen-bond acceptors (Lipinski definition) is 3. The lowest BCUT2D eigenvalue weighted by molar-refractivity contribution is -0.137. The van der Waals surface area contributed by atoms with Gasteiger partial charge in [0.1, 0.15) is 0 Å². The molecule has 0 unspecified atom stereocenters. The third kappa shape index (κ3) is 5.35. The Morgan fingerprint density at radius 2 is 1.76 bits per heavy atom. The molecular formula is C16H13F3N2O3S. The van der Waals surface area contributed by atoms with Crippen LogP contribution in [0, 0.1) is 0 Å². The molecule has 25 heavy (non-hydrogen) atoms. The molecule has 0 aromatic heterocycles. The fraction of sp³-hybridized carbons (Fsp3) is 0.0625. The van der Waals surface area contributed by atoms with E-state index in [0.29, 0.717) is 0 Å². The molecule has 0 atom stereocenters. The normalized spacial score (nSPS) is 12.3. The molecule has 0 aliphatic rings. The summed E-state index contributed by atoms with van der Waals surface area (Å²) in [5.74, 6) is -0.722. The lowest BCUT2D eigenvalue weighted by atomic mass is 10.1. The van der Waals surface area contributed by atoms with Crippen LogP contribution in [0.2, 0.25) is 0 Å². The summed E-state index contributed by atoms with van der Waals surface area (Å²) >= 11 is 0. The third-order valence-electron chi connectivity index (χ3n) is 3.06. The molecule has 0 radical (unpaired) electrons. The molecule has 9 heteroatoms. The van der Waals surface area contributed by atoms with Gasteiger partial charge in [-0.3, -0.25) is 9.52 Å². The maximum absolute atomic E-state index is 12.6. The Kier molecular flexibility index (Phi) is 5.17. The quantitative estimate of drug-likeness (QED) is 0.847. The first-order valence-electron chi connectivity index (χ1n) is 6.85. The Hall–Kier alpha value is -2.81. The Bertz CT molecular complexity index is 922. The summed E-state index contributed by atoms with van der Waals surface area (Å²) in [5.41, 5.74) is 4.52. The van der Waals surface area contributed by atoms with E-state index in [1.165, 1.54) is 36.4 Å². The molecule has 0 bridgehead atoms. The predicted molar refractivity (Wildman–Crippen MR) is 88.0 cm³/mol. The first kappa shape index (κ1) is 18.5. The summed E-state index contributed by atoms with van der Waals surface area (Å²) in [6.45, 7) is 0. The number of halogens is 3. The highest BCUT2D eigenvalue weighted by atomic mass is 32.2. The smallest absolute Gasteiger partial charge is 0.366 e. The Morgan fingerprint density at radius 3 is 2.40 bits per heavy atom. The van der Waals surface area contributed by atoms with Crippen molar-refractivity contribution in [3.05, 3.63) is 70.6 Å². The SMILES string of the molecule is NC(=O)c1cccc(NS(=O)(=O)/C=C/c2cccc(C(F)(F)F)c2)c1. The number of carbonyl (C=O) groups excluding carboxylic acids is 1. The molecule has 2 rings (SSSR count). The van der Waals surface area contributed by atoms with E-state index in [0.717, 1.165) is 23.6 Å². The number of carbonyl (C=O) groups is 1. The van der Waals surface area contributed by atoms with Gasteiger partial charge in [0, 0.05) is 11.3 Å². The summed E-state index contributed by atoms with van der Waals surface area (Å²) in [7, 11) is -3.99. The molecule has 0 aliphatic carbocycles. The van der Waals surface area contributed by atoms with Crippen LogP contribution in [-0.4, -0.2) is 14.3 Å². The fourth-order valence-corrected chi connectivity index (χ4v) is 2.78. The summed E-state index contributed by atoms with van der Waals surface area (Å²) in [6.07, 6.45) is -3.48. The predicted octanol–water partition coefficient (Wildman–Crippen LogP) is 3.22. The number of anilines is 1. The lowest BCUT2D eigenvalue weighted by Crippen LogP contribution is -2.13. The largest absolute Gasteiger partial charge is 0.416 e. The molecule has 3 N–H and O–H groups in total. The minimum Gasteiger partial charge on any atom is -0.366 e. The summed E-state index contributed by atoms with van der Waals surface area (Å²) in [5, 5.41) is 0.736. The molecular weight excluding hydrogens is 357 g/mol. The van der Waals surface area contributed by atoms with Gasteiger partial charge in [-0.05, 0) is 42.0 Å². The lowest BCUT2D eigenvalue weighted by Gasteiger charge is -2.07. The van der Waals surface area contributed by atoms with Crippen molar-refractivity contribution in [3.63, 3.8) is 0 Å². The number of primary amides is 1. The standard InChI is InChI=1S/C16H13F3N2O3S/c17-16(18,19)13-5-1-3-11(9-13)7-8-25(23,24)21-14-6-2-4-12(10-14)15(20)22/h1-10,21H,(H2,20,22)/b8-7+. The number of benzene rings is 2. The molecule has 132 valence electrons. The maximum atomic E-state index is 12.6. The average molecular weight is 370 g/mol. The van der Waals surface area contributed by atoms with Crippen LogP contribution in [0.1, 0.15) is 21.5 Å². The van der Waals surface area contributed by atoms with Crippen molar-refractivity contribution in [1.82, 2.24) is 0 Å². The molecule has 0 saturated heterocycles. The first-order valence-corrected chi connectivity index (χ1v) is 8.39. The van der Waals surface area contributed by atoms with E-state index in [4.69, 9.17) is 5.73 Å². The molecule has 0 spiro atoms. The molecule has 0 saturated carbocycles. The Morgan fingerprint density at radius 1 is 1.08 bits per heavy atom. The molecule has 0 heterocycles. The van der Waals surface area contributed by atoms with Gasteiger partial charge >= 0.3 is 6.18 Å². The van der Waals surface area contributed by atoms with E-state index in [2.05, 4.69) is 4.72 Å². The second-order valence-corrected chi connectivity index (χ2v) is 6.58. The van der Waals surface area contributed by atoms with Crippen molar-refractivity contribution < 1.29 is 26.4 Å². The number of rotatable bonds is 5. The van der Waals surface area contributed by atoms with Crippen LogP contribution < -0.4 is 10.5 Å². The number of nitrogens with one attached hydrogen (secondary N) is 1. The third-order valence-corrected chi connectivity index (χ3v) is 4.08. The summed E-state index contributed by atoms with van der Waals surface area (Å²) in [4.78, 5) is 11.1. The zero-order chi connectivity index (χ0) is 18.7. The maximum Gasteiger partial charge on any atom is 0.416 e. The van der Waals surface area contributed by atoms with Crippen molar-refractivity contribution in [2.75, 3.05) is 4.72 Å². The van der Waals surface area contributed by atoms with Crippen molar-refractivity contribution in [1.29, 1.82) is 0 Å². The Balaban J connectivity index is 2.20. The van der Waals surface area contributed by atoms with Crippen LogP contribution in [-0.2, 0) is 16.2 Å². The highest BCUT2D eigenvalue weighted by molar-refractivity contribution is 7.95. The van der Waals surface area contributed by atoms with Gasteiger partial charge in [0.15, 0.2) is 0 Å². The molecule has 1 amide bonds. The summed E-state index contributed by atoms with van der Waals surface area (Å²) < 4.78 is 64.1. The summed E-state index contributed by atoms with van der Waals surface area (Å²) in [6, 6.07) is 9.75. The van der Waals surface area contributed by atoms with Crippen molar-refractivity contribution in [3.8, 4) is 0 Å². The van der Waals surface area contributed by atoms with Crippen LogP contribution in [0.3, 0.4) is 0 Å². The number of nitrogens with two attached hydrogens (primary N) is 1. The highest BCUT2D eigenvalue weighted by Gasteiger charge is 2.30. The van der Waals surface area contributed by atoms with Crippen molar-refractivity contribution >= 4 is 27.7 Å². The minimum absolute atomic E-state index is 0.0751. The zero-order valence-electron chi connectivity index (χ0n) is 12.6. The van der Waals surface area contributed by atoms with E-state index < -0.39 is 27.7 Å². The van der Waals surface area contributed by atoms with Crippen LogP contribution in [0.25, 0.3) is 6.08 Å². The zero-order valence-corrected chi connectivity index (χ0v) is 13.4. The second kappa shape index (κ2) is 6.98. The highest BCUT2D eigenvalue weighted by Crippen LogP contribution is 2.29. The fourth-order valence-electron chi connectivity index (χ4n) is 1.92. The monoisotopic (exact) mass is 370 g/mol. The first-order chi connectivity index (χ1) is 11.6. The van der Waals surface area contributed by atoms with Gasteiger partial charge in [0.2, 0.25) is 5.91 Å².